The molecule has 1 aromatic rings. The molecule has 0 aliphatic heterocycles. The number of anilines is 1. The highest BCUT2D eigenvalue weighted by atomic mass is 32.2. The van der Waals surface area contributed by atoms with E-state index < -0.39 is 10.0 Å². The lowest BCUT2D eigenvalue weighted by Crippen LogP contribution is -2.41. The third kappa shape index (κ3) is 3.47. The molecular weight excluding hydrogens is 276 g/mol. The van der Waals surface area contributed by atoms with Crippen LogP contribution >= 0.6 is 0 Å². The van der Waals surface area contributed by atoms with Crippen LogP contribution in [-0.4, -0.2) is 51.0 Å². The summed E-state index contributed by atoms with van der Waals surface area (Å²) in [5.74, 6) is 0. The molecule has 0 bridgehead atoms. The Morgan fingerprint density at radius 1 is 1.50 bits per heavy atom. The molecule has 1 heterocycles. The van der Waals surface area contributed by atoms with Crippen LogP contribution in [0.25, 0.3) is 0 Å². The van der Waals surface area contributed by atoms with Crippen LogP contribution in [0.15, 0.2) is 23.4 Å². The average molecular weight is 298 g/mol. The third-order valence-electron chi connectivity index (χ3n) is 3.73. The van der Waals surface area contributed by atoms with Gasteiger partial charge >= 0.3 is 0 Å². The van der Waals surface area contributed by atoms with Crippen LogP contribution in [0.1, 0.15) is 19.8 Å². The van der Waals surface area contributed by atoms with Crippen LogP contribution in [0.5, 0.6) is 0 Å². The van der Waals surface area contributed by atoms with E-state index in [1.807, 2.05) is 14.0 Å². The van der Waals surface area contributed by atoms with Crippen molar-refractivity contribution in [1.82, 2.24) is 14.6 Å². The molecule has 2 N–H and O–H groups in total. The van der Waals surface area contributed by atoms with Crippen LogP contribution in [-0.2, 0) is 10.0 Å². The Morgan fingerprint density at radius 3 is 2.80 bits per heavy atom. The monoisotopic (exact) mass is 298 g/mol. The standard InChI is InChI=1S/C13H22N4O2S/c1-10(17(3)11-4-5-11)8-16-20(18,19)13-9-15-7-6-12(13)14-2/h6-7,9-11,16H,4-5,8H2,1-3H3,(H,14,15). The first-order valence-corrected chi connectivity index (χ1v) is 8.27. The van der Waals surface area contributed by atoms with Crippen LogP contribution in [0.3, 0.4) is 0 Å². The van der Waals surface area contributed by atoms with Gasteiger partial charge in [0, 0.05) is 38.1 Å². The summed E-state index contributed by atoms with van der Waals surface area (Å²) in [5, 5.41) is 2.87. The fraction of sp³-hybridized carbons (Fsp3) is 0.615. The lowest BCUT2D eigenvalue weighted by atomic mass is 10.3. The average Bonchev–Trinajstić information content (AvgIpc) is 3.28. The van der Waals surface area contributed by atoms with Crippen molar-refractivity contribution in [3.8, 4) is 0 Å². The molecule has 1 atom stereocenters. The van der Waals surface area contributed by atoms with Gasteiger partial charge in [0.05, 0.1) is 5.69 Å². The molecule has 2 rings (SSSR count). The number of likely N-dealkylation sites (N-methyl/N-ethyl adjacent to an activating group) is 1. The first-order chi connectivity index (χ1) is 9.45. The van der Waals surface area contributed by atoms with Crippen LogP contribution in [0.4, 0.5) is 5.69 Å². The van der Waals surface area contributed by atoms with E-state index in [1.54, 1.807) is 19.3 Å². The Balaban J connectivity index is 2.03. The Morgan fingerprint density at radius 2 is 2.20 bits per heavy atom. The molecule has 0 radical (unpaired) electrons. The van der Waals surface area contributed by atoms with Crippen molar-refractivity contribution in [2.24, 2.45) is 0 Å². The minimum absolute atomic E-state index is 0.173. The molecule has 112 valence electrons. The molecule has 0 spiro atoms. The molecule has 1 aliphatic rings. The van der Waals surface area contributed by atoms with Crippen LogP contribution in [0.2, 0.25) is 0 Å². The van der Waals surface area contributed by atoms with Crippen molar-refractivity contribution in [1.29, 1.82) is 0 Å². The van der Waals surface area contributed by atoms with Gasteiger partial charge in [0.1, 0.15) is 4.90 Å². The summed E-state index contributed by atoms with van der Waals surface area (Å²) in [4.78, 5) is 6.30. The molecule has 1 unspecified atom stereocenters. The number of nitrogens with one attached hydrogen (secondary N) is 2. The number of rotatable bonds is 7. The highest BCUT2D eigenvalue weighted by molar-refractivity contribution is 7.89. The van der Waals surface area contributed by atoms with Crippen molar-refractivity contribution in [3.05, 3.63) is 18.5 Å². The molecule has 0 amide bonds. The summed E-state index contributed by atoms with van der Waals surface area (Å²) < 4.78 is 27.3. The minimum Gasteiger partial charge on any atom is -0.387 e. The fourth-order valence-corrected chi connectivity index (χ4v) is 3.37. The molecule has 0 aromatic carbocycles. The first kappa shape index (κ1) is 15.2. The smallest absolute Gasteiger partial charge is 0.244 e. The molecule has 1 saturated carbocycles. The maximum atomic E-state index is 12.3. The van der Waals surface area contributed by atoms with Gasteiger partial charge in [-0.3, -0.25) is 9.88 Å². The molecule has 1 aromatic heterocycles. The highest BCUT2D eigenvalue weighted by Crippen LogP contribution is 2.27. The number of sulfonamides is 1. The van der Waals surface area contributed by atoms with Gasteiger partial charge in [-0.25, -0.2) is 13.1 Å². The van der Waals surface area contributed by atoms with Crippen molar-refractivity contribution >= 4 is 15.7 Å². The van der Waals surface area contributed by atoms with Gasteiger partial charge in [-0.05, 0) is 32.9 Å². The van der Waals surface area contributed by atoms with Crippen molar-refractivity contribution in [2.75, 3.05) is 26.0 Å². The van der Waals surface area contributed by atoms with Crippen molar-refractivity contribution in [2.45, 2.75) is 36.7 Å². The molecule has 6 nitrogen and oxygen atoms in total. The second-order valence-corrected chi connectivity index (χ2v) is 6.95. The number of aromatic nitrogens is 1. The van der Waals surface area contributed by atoms with Gasteiger partial charge in [-0.15, -0.1) is 0 Å². The van der Waals surface area contributed by atoms with Gasteiger partial charge in [0.2, 0.25) is 10.0 Å². The number of hydrogen-bond donors (Lipinski definition) is 2. The summed E-state index contributed by atoms with van der Waals surface area (Å²) in [7, 11) is 0.195. The lowest BCUT2D eigenvalue weighted by molar-refractivity contribution is 0.248. The summed E-state index contributed by atoms with van der Waals surface area (Å²) in [6.45, 7) is 2.43. The Hall–Kier alpha value is -1.18. The number of pyridine rings is 1. The SMILES string of the molecule is CNc1ccncc1S(=O)(=O)NCC(C)N(C)C1CC1. The lowest BCUT2D eigenvalue weighted by Gasteiger charge is -2.24. The molecule has 0 saturated heterocycles. The normalized spacial score (nSPS) is 17.2. The summed E-state index contributed by atoms with van der Waals surface area (Å²) in [5.41, 5.74) is 0.552. The molecular formula is C13H22N4O2S. The zero-order valence-electron chi connectivity index (χ0n) is 12.1. The summed E-state index contributed by atoms with van der Waals surface area (Å²) in [6, 6.07) is 2.43. The minimum atomic E-state index is -3.54. The summed E-state index contributed by atoms with van der Waals surface area (Å²) >= 11 is 0. The van der Waals surface area contributed by atoms with Gasteiger partial charge in [0.25, 0.3) is 0 Å². The maximum Gasteiger partial charge on any atom is 0.244 e. The van der Waals surface area contributed by atoms with Gasteiger partial charge < -0.3 is 5.32 Å². The Bertz CT molecular complexity index is 557. The molecule has 1 fully saturated rings. The van der Waals surface area contributed by atoms with E-state index in [2.05, 4.69) is 19.9 Å². The molecule has 7 heteroatoms. The van der Waals surface area contributed by atoms with E-state index in [-0.39, 0.29) is 10.9 Å². The second kappa shape index (κ2) is 6.07. The third-order valence-corrected chi connectivity index (χ3v) is 5.18. The topological polar surface area (TPSA) is 74.3 Å². The quantitative estimate of drug-likeness (QED) is 0.782. The molecule has 20 heavy (non-hydrogen) atoms. The van der Waals surface area contributed by atoms with Crippen molar-refractivity contribution < 1.29 is 8.42 Å². The van der Waals surface area contributed by atoms with E-state index in [9.17, 15) is 8.42 Å². The maximum absolute atomic E-state index is 12.3. The van der Waals surface area contributed by atoms with E-state index in [0.29, 0.717) is 18.3 Å². The van der Waals surface area contributed by atoms with Gasteiger partial charge in [-0.1, -0.05) is 0 Å². The van der Waals surface area contributed by atoms with Crippen molar-refractivity contribution in [3.63, 3.8) is 0 Å². The van der Waals surface area contributed by atoms with Crippen LogP contribution in [0, 0.1) is 0 Å². The number of hydrogen-bond acceptors (Lipinski definition) is 5. The first-order valence-electron chi connectivity index (χ1n) is 6.79. The van der Waals surface area contributed by atoms with E-state index in [0.717, 1.165) is 0 Å². The number of nitrogens with zero attached hydrogens (tertiary/aromatic N) is 2. The predicted molar refractivity (Wildman–Crippen MR) is 79.2 cm³/mol. The van der Waals surface area contributed by atoms with E-state index in [1.165, 1.54) is 19.0 Å². The predicted octanol–water partition coefficient (Wildman–Crippen LogP) is 0.884. The van der Waals surface area contributed by atoms with Crippen LogP contribution < -0.4 is 10.0 Å². The van der Waals surface area contributed by atoms with E-state index >= 15 is 0 Å². The highest BCUT2D eigenvalue weighted by Gasteiger charge is 2.29. The zero-order chi connectivity index (χ0) is 14.8. The Labute approximate surface area is 120 Å². The zero-order valence-corrected chi connectivity index (χ0v) is 12.9. The fourth-order valence-electron chi connectivity index (χ4n) is 2.09. The second-order valence-electron chi connectivity index (χ2n) is 5.22. The molecule has 1 aliphatic carbocycles. The Kier molecular flexibility index (Phi) is 4.62. The van der Waals surface area contributed by atoms with Gasteiger partial charge in [-0.2, -0.15) is 0 Å². The summed E-state index contributed by atoms with van der Waals surface area (Å²) in [6.07, 6.45) is 5.35. The van der Waals surface area contributed by atoms with E-state index in [4.69, 9.17) is 0 Å². The largest absolute Gasteiger partial charge is 0.387 e. The van der Waals surface area contributed by atoms with Gasteiger partial charge in [0.15, 0.2) is 0 Å².